The van der Waals surface area contributed by atoms with Gasteiger partial charge in [0.05, 0.1) is 4.90 Å². The summed E-state index contributed by atoms with van der Waals surface area (Å²) in [6.45, 7) is 2.39. The van der Waals surface area contributed by atoms with E-state index in [9.17, 15) is 13.2 Å². The van der Waals surface area contributed by atoms with Crippen LogP contribution in [0.15, 0.2) is 29.2 Å². The number of carbonyl (C=O) groups excluding carboxylic acids is 1. The molecule has 0 aliphatic heterocycles. The SMILES string of the molecule is CCNC(=O)CCNS(=O)(=O)c1ccccc1CCl. The first-order valence-electron chi connectivity index (χ1n) is 5.91. The summed E-state index contributed by atoms with van der Waals surface area (Å²) >= 11 is 5.71. The maximum absolute atomic E-state index is 12.0. The Morgan fingerprint density at radius 1 is 1.32 bits per heavy atom. The van der Waals surface area contributed by atoms with Gasteiger partial charge in [-0.05, 0) is 18.6 Å². The molecule has 0 fully saturated rings. The molecular weight excluding hydrogens is 288 g/mol. The van der Waals surface area contributed by atoms with Gasteiger partial charge in [-0.1, -0.05) is 18.2 Å². The molecular formula is C12H17ClN2O3S. The smallest absolute Gasteiger partial charge is 0.240 e. The van der Waals surface area contributed by atoms with Crippen LogP contribution in [0.4, 0.5) is 0 Å². The molecule has 0 saturated heterocycles. The minimum Gasteiger partial charge on any atom is -0.356 e. The van der Waals surface area contributed by atoms with E-state index in [1.807, 2.05) is 0 Å². The van der Waals surface area contributed by atoms with Crippen molar-refractivity contribution in [3.05, 3.63) is 29.8 Å². The van der Waals surface area contributed by atoms with Gasteiger partial charge >= 0.3 is 0 Å². The maximum Gasteiger partial charge on any atom is 0.240 e. The van der Waals surface area contributed by atoms with Gasteiger partial charge in [-0.25, -0.2) is 13.1 Å². The summed E-state index contributed by atoms with van der Waals surface area (Å²) in [5, 5.41) is 2.60. The first-order valence-corrected chi connectivity index (χ1v) is 7.93. The first kappa shape index (κ1) is 15.9. The highest BCUT2D eigenvalue weighted by Crippen LogP contribution is 2.16. The van der Waals surface area contributed by atoms with Gasteiger partial charge in [0.25, 0.3) is 0 Å². The van der Waals surface area contributed by atoms with Crippen LogP contribution in [-0.4, -0.2) is 27.4 Å². The molecule has 1 aromatic carbocycles. The number of alkyl halides is 1. The van der Waals surface area contributed by atoms with Gasteiger partial charge in [0, 0.05) is 25.4 Å². The maximum atomic E-state index is 12.0. The summed E-state index contributed by atoms with van der Waals surface area (Å²) in [4.78, 5) is 11.4. The summed E-state index contributed by atoms with van der Waals surface area (Å²) in [5.74, 6) is -0.0660. The summed E-state index contributed by atoms with van der Waals surface area (Å²) in [6, 6.07) is 6.51. The highest BCUT2D eigenvalue weighted by atomic mass is 35.5. The molecule has 0 aromatic heterocycles. The molecule has 0 heterocycles. The predicted octanol–water partition coefficient (Wildman–Crippen LogP) is 1.23. The highest BCUT2D eigenvalue weighted by Gasteiger charge is 2.17. The fraction of sp³-hybridized carbons (Fsp3) is 0.417. The van der Waals surface area contributed by atoms with Crippen LogP contribution < -0.4 is 10.0 Å². The van der Waals surface area contributed by atoms with Crippen LogP contribution in [0.5, 0.6) is 0 Å². The summed E-state index contributed by atoms with van der Waals surface area (Å²) in [7, 11) is -3.63. The molecule has 106 valence electrons. The second-order valence-corrected chi connectivity index (χ2v) is 5.85. The number of nitrogens with one attached hydrogen (secondary N) is 2. The van der Waals surface area contributed by atoms with E-state index in [4.69, 9.17) is 11.6 Å². The van der Waals surface area contributed by atoms with Crippen LogP contribution in [0, 0.1) is 0 Å². The molecule has 0 aliphatic carbocycles. The minimum atomic E-state index is -3.63. The molecule has 1 amide bonds. The summed E-state index contributed by atoms with van der Waals surface area (Å²) in [6.07, 6.45) is 0.107. The van der Waals surface area contributed by atoms with Crippen LogP contribution in [0.1, 0.15) is 18.9 Å². The third-order valence-electron chi connectivity index (χ3n) is 2.42. The van der Waals surface area contributed by atoms with Crippen LogP contribution >= 0.6 is 11.6 Å². The Labute approximate surface area is 118 Å². The molecule has 2 N–H and O–H groups in total. The van der Waals surface area contributed by atoms with Gasteiger partial charge < -0.3 is 5.32 Å². The molecule has 0 atom stereocenters. The largest absolute Gasteiger partial charge is 0.356 e. The van der Waals surface area contributed by atoms with E-state index in [2.05, 4.69) is 10.0 Å². The van der Waals surface area contributed by atoms with Gasteiger partial charge in [-0.15, -0.1) is 11.6 Å². The first-order chi connectivity index (χ1) is 9.01. The second kappa shape index (κ2) is 7.47. The number of hydrogen-bond donors (Lipinski definition) is 2. The Morgan fingerprint density at radius 2 is 2.00 bits per heavy atom. The third-order valence-corrected chi connectivity index (χ3v) is 4.27. The number of amides is 1. The van der Waals surface area contributed by atoms with Crippen molar-refractivity contribution in [3.63, 3.8) is 0 Å². The quantitative estimate of drug-likeness (QED) is 0.744. The normalized spacial score (nSPS) is 11.3. The lowest BCUT2D eigenvalue weighted by Gasteiger charge is -2.09. The van der Waals surface area contributed by atoms with Gasteiger partial charge in [0.2, 0.25) is 15.9 Å². The van der Waals surface area contributed by atoms with Crippen molar-refractivity contribution >= 4 is 27.5 Å². The van der Waals surface area contributed by atoms with E-state index in [1.54, 1.807) is 25.1 Å². The van der Waals surface area contributed by atoms with E-state index in [-0.39, 0.29) is 29.6 Å². The standard InChI is InChI=1S/C12H17ClN2O3S/c1-2-14-12(16)7-8-15-19(17,18)11-6-4-3-5-10(11)9-13/h3-6,15H,2,7-9H2,1H3,(H,14,16). The summed E-state index contributed by atoms with van der Waals surface area (Å²) < 4.78 is 26.5. The molecule has 0 aliphatic rings. The van der Waals surface area contributed by atoms with Crippen LogP contribution in [0.2, 0.25) is 0 Å². The van der Waals surface area contributed by atoms with Crippen LogP contribution in [0.25, 0.3) is 0 Å². The number of hydrogen-bond acceptors (Lipinski definition) is 3. The highest BCUT2D eigenvalue weighted by molar-refractivity contribution is 7.89. The van der Waals surface area contributed by atoms with E-state index in [0.29, 0.717) is 12.1 Å². The average Bonchev–Trinajstić information content (AvgIpc) is 2.38. The number of carbonyl (C=O) groups is 1. The van der Waals surface area contributed by atoms with Gasteiger partial charge in [-0.2, -0.15) is 0 Å². The van der Waals surface area contributed by atoms with E-state index < -0.39 is 10.0 Å². The van der Waals surface area contributed by atoms with Crippen LogP contribution in [-0.2, 0) is 20.7 Å². The number of halogens is 1. The molecule has 0 radical (unpaired) electrons. The molecule has 0 spiro atoms. The van der Waals surface area contributed by atoms with Crippen molar-refractivity contribution in [2.45, 2.75) is 24.1 Å². The van der Waals surface area contributed by atoms with E-state index in [1.165, 1.54) is 6.07 Å². The second-order valence-electron chi connectivity index (χ2n) is 3.84. The minimum absolute atomic E-state index is 0.0603. The average molecular weight is 305 g/mol. The Balaban J connectivity index is 2.68. The lowest BCUT2D eigenvalue weighted by molar-refractivity contribution is -0.120. The summed E-state index contributed by atoms with van der Waals surface area (Å²) in [5.41, 5.74) is 0.537. The van der Waals surface area contributed by atoms with Crippen molar-refractivity contribution < 1.29 is 13.2 Å². The van der Waals surface area contributed by atoms with Crippen molar-refractivity contribution in [1.29, 1.82) is 0 Å². The Bertz CT molecular complexity index is 532. The zero-order valence-corrected chi connectivity index (χ0v) is 12.2. The zero-order valence-electron chi connectivity index (χ0n) is 10.6. The lowest BCUT2D eigenvalue weighted by atomic mass is 10.2. The monoisotopic (exact) mass is 304 g/mol. The van der Waals surface area contributed by atoms with Crippen molar-refractivity contribution in [1.82, 2.24) is 10.0 Å². The van der Waals surface area contributed by atoms with Crippen molar-refractivity contribution in [2.75, 3.05) is 13.1 Å². The molecule has 1 aromatic rings. The van der Waals surface area contributed by atoms with E-state index >= 15 is 0 Å². The Kier molecular flexibility index (Phi) is 6.27. The van der Waals surface area contributed by atoms with Crippen molar-refractivity contribution in [2.24, 2.45) is 0 Å². The van der Waals surface area contributed by atoms with Gasteiger partial charge in [-0.3, -0.25) is 4.79 Å². The number of sulfonamides is 1. The fourth-order valence-corrected chi connectivity index (χ4v) is 3.12. The zero-order chi connectivity index (χ0) is 14.3. The molecule has 7 heteroatoms. The van der Waals surface area contributed by atoms with Gasteiger partial charge in [0.1, 0.15) is 0 Å². The van der Waals surface area contributed by atoms with E-state index in [0.717, 1.165) is 0 Å². The molecule has 1 rings (SSSR count). The van der Waals surface area contributed by atoms with Crippen LogP contribution in [0.3, 0.4) is 0 Å². The predicted molar refractivity (Wildman–Crippen MR) is 74.5 cm³/mol. The Hall–Kier alpha value is -1.11. The third kappa shape index (κ3) is 4.81. The lowest BCUT2D eigenvalue weighted by Crippen LogP contribution is -2.31. The van der Waals surface area contributed by atoms with Crippen molar-refractivity contribution in [3.8, 4) is 0 Å². The topological polar surface area (TPSA) is 75.3 Å². The molecule has 5 nitrogen and oxygen atoms in total. The molecule has 0 saturated carbocycles. The number of rotatable bonds is 7. The Morgan fingerprint density at radius 3 is 2.63 bits per heavy atom. The molecule has 19 heavy (non-hydrogen) atoms. The fourth-order valence-electron chi connectivity index (χ4n) is 1.54. The number of benzene rings is 1. The van der Waals surface area contributed by atoms with Gasteiger partial charge in [0.15, 0.2) is 0 Å². The molecule has 0 bridgehead atoms. The molecule has 0 unspecified atom stereocenters.